The van der Waals surface area contributed by atoms with E-state index in [0.717, 1.165) is 25.9 Å². The van der Waals surface area contributed by atoms with Crippen LogP contribution in [-0.4, -0.2) is 26.2 Å². The second-order valence-corrected chi connectivity index (χ2v) is 5.91. The van der Waals surface area contributed by atoms with Gasteiger partial charge in [0.15, 0.2) is 0 Å². The molecule has 104 valence electrons. The first-order chi connectivity index (χ1) is 9.06. The quantitative estimate of drug-likeness (QED) is 0.870. The number of hydrogen-bond acceptors (Lipinski definition) is 2. The lowest BCUT2D eigenvalue weighted by molar-refractivity contribution is 0.0938. The molecule has 2 rings (SSSR count). The molecular formula is C14H17BrFNO2. The summed E-state index contributed by atoms with van der Waals surface area (Å²) < 4.78 is 18.5. The lowest BCUT2D eigenvalue weighted by Crippen LogP contribution is -2.30. The zero-order valence-electron chi connectivity index (χ0n) is 10.8. The molecule has 5 heteroatoms. The van der Waals surface area contributed by atoms with Crippen molar-refractivity contribution in [1.82, 2.24) is 5.32 Å². The Kier molecular flexibility index (Phi) is 4.58. The molecule has 1 aromatic carbocycles. The van der Waals surface area contributed by atoms with Crippen LogP contribution in [-0.2, 0) is 4.74 Å². The fourth-order valence-corrected chi connectivity index (χ4v) is 2.40. The Bertz CT molecular complexity index is 475. The summed E-state index contributed by atoms with van der Waals surface area (Å²) in [6.45, 7) is 1.38. The fraction of sp³-hybridized carbons (Fsp3) is 0.500. The topological polar surface area (TPSA) is 38.3 Å². The second-order valence-electron chi connectivity index (χ2n) is 5.05. The molecule has 3 nitrogen and oxygen atoms in total. The van der Waals surface area contributed by atoms with Crippen LogP contribution in [0.2, 0.25) is 0 Å². The molecule has 0 heterocycles. The van der Waals surface area contributed by atoms with E-state index >= 15 is 0 Å². The predicted molar refractivity (Wildman–Crippen MR) is 74.6 cm³/mol. The molecule has 1 aliphatic rings. The Labute approximate surface area is 120 Å². The first kappa shape index (κ1) is 14.5. The van der Waals surface area contributed by atoms with Crippen LogP contribution in [0.25, 0.3) is 0 Å². The molecule has 0 saturated heterocycles. The molecule has 0 atom stereocenters. The number of nitrogens with one attached hydrogen (secondary N) is 1. The largest absolute Gasteiger partial charge is 0.385 e. The Hall–Kier alpha value is -0.940. The van der Waals surface area contributed by atoms with Crippen LogP contribution >= 0.6 is 15.9 Å². The van der Waals surface area contributed by atoms with Gasteiger partial charge in [0.25, 0.3) is 5.91 Å². The zero-order valence-corrected chi connectivity index (χ0v) is 12.4. The third-order valence-electron chi connectivity index (χ3n) is 3.60. The lowest BCUT2D eigenvalue weighted by atomic mass is 10.0. The number of carbonyl (C=O) groups excluding carboxylic acids is 1. The molecule has 0 spiro atoms. The van der Waals surface area contributed by atoms with Gasteiger partial charge in [-0.15, -0.1) is 0 Å². The van der Waals surface area contributed by atoms with Crippen LogP contribution in [0.1, 0.15) is 29.6 Å². The van der Waals surface area contributed by atoms with Gasteiger partial charge in [-0.25, -0.2) is 4.39 Å². The van der Waals surface area contributed by atoms with Crippen molar-refractivity contribution >= 4 is 21.8 Å². The average molecular weight is 330 g/mol. The maximum absolute atomic E-state index is 13.1. The highest BCUT2D eigenvalue weighted by Gasteiger charge is 2.42. The second kappa shape index (κ2) is 6.01. The number of halogens is 2. The Balaban J connectivity index is 1.89. The van der Waals surface area contributed by atoms with E-state index in [1.165, 1.54) is 18.2 Å². The number of carbonyl (C=O) groups is 1. The molecule has 1 amide bonds. The van der Waals surface area contributed by atoms with Gasteiger partial charge in [-0.1, -0.05) is 0 Å². The molecule has 1 saturated carbocycles. The van der Waals surface area contributed by atoms with Gasteiger partial charge in [0.05, 0.1) is 4.47 Å². The molecule has 0 radical (unpaired) electrons. The van der Waals surface area contributed by atoms with Crippen molar-refractivity contribution in [2.75, 3.05) is 20.3 Å². The number of methoxy groups -OCH3 is 1. The standard InChI is InChI=1S/C14H17BrFNO2/c1-19-7-6-14(4-5-14)9-17-13(18)10-2-3-12(16)11(15)8-10/h2-3,8H,4-7,9H2,1H3,(H,17,18). The highest BCUT2D eigenvalue weighted by molar-refractivity contribution is 9.10. The SMILES string of the molecule is COCCC1(CNC(=O)c2ccc(F)c(Br)c2)CC1. The molecule has 1 aromatic rings. The van der Waals surface area contributed by atoms with E-state index < -0.39 is 0 Å². The molecular weight excluding hydrogens is 313 g/mol. The zero-order chi connectivity index (χ0) is 13.9. The summed E-state index contributed by atoms with van der Waals surface area (Å²) in [6, 6.07) is 4.28. The summed E-state index contributed by atoms with van der Waals surface area (Å²) in [5.41, 5.74) is 0.680. The summed E-state index contributed by atoms with van der Waals surface area (Å²) >= 11 is 3.08. The van der Waals surface area contributed by atoms with Crippen LogP contribution in [0.5, 0.6) is 0 Å². The van der Waals surface area contributed by atoms with Gasteiger partial charge in [-0.2, -0.15) is 0 Å². The molecule has 1 aliphatic carbocycles. The Morgan fingerprint density at radius 1 is 1.53 bits per heavy atom. The van der Waals surface area contributed by atoms with E-state index in [9.17, 15) is 9.18 Å². The lowest BCUT2D eigenvalue weighted by Gasteiger charge is -2.15. The number of rotatable bonds is 6. The van der Waals surface area contributed by atoms with Crippen molar-refractivity contribution in [1.29, 1.82) is 0 Å². The van der Waals surface area contributed by atoms with Gasteiger partial charge in [0.1, 0.15) is 5.82 Å². The van der Waals surface area contributed by atoms with Crippen molar-refractivity contribution in [3.63, 3.8) is 0 Å². The van der Waals surface area contributed by atoms with Gasteiger partial charge >= 0.3 is 0 Å². The van der Waals surface area contributed by atoms with E-state index in [1.54, 1.807) is 7.11 Å². The minimum atomic E-state index is -0.365. The first-order valence-electron chi connectivity index (χ1n) is 6.28. The minimum absolute atomic E-state index is 0.163. The first-order valence-corrected chi connectivity index (χ1v) is 7.08. The van der Waals surface area contributed by atoms with E-state index in [0.29, 0.717) is 16.6 Å². The van der Waals surface area contributed by atoms with E-state index in [2.05, 4.69) is 21.2 Å². The van der Waals surface area contributed by atoms with Gasteiger partial charge in [0, 0.05) is 25.8 Å². The molecule has 0 aliphatic heterocycles. The molecule has 0 aromatic heterocycles. The smallest absolute Gasteiger partial charge is 0.251 e. The Morgan fingerprint density at radius 2 is 2.26 bits per heavy atom. The van der Waals surface area contributed by atoms with E-state index in [4.69, 9.17) is 4.74 Å². The molecule has 19 heavy (non-hydrogen) atoms. The number of hydrogen-bond donors (Lipinski definition) is 1. The maximum Gasteiger partial charge on any atom is 0.251 e. The van der Waals surface area contributed by atoms with Crippen LogP contribution in [0, 0.1) is 11.2 Å². The van der Waals surface area contributed by atoms with Crippen LogP contribution in [0.4, 0.5) is 4.39 Å². The van der Waals surface area contributed by atoms with Gasteiger partial charge < -0.3 is 10.1 Å². The van der Waals surface area contributed by atoms with E-state index in [1.807, 2.05) is 0 Å². The Morgan fingerprint density at radius 3 is 2.84 bits per heavy atom. The van der Waals surface area contributed by atoms with Crippen LogP contribution in [0.15, 0.2) is 22.7 Å². The third kappa shape index (κ3) is 3.76. The number of ether oxygens (including phenoxy) is 1. The van der Waals surface area contributed by atoms with Crippen LogP contribution < -0.4 is 5.32 Å². The van der Waals surface area contributed by atoms with Gasteiger partial charge in [0.2, 0.25) is 0 Å². The predicted octanol–water partition coefficient (Wildman–Crippen LogP) is 3.13. The fourth-order valence-electron chi connectivity index (χ4n) is 2.02. The highest BCUT2D eigenvalue weighted by Crippen LogP contribution is 2.48. The number of amides is 1. The van der Waals surface area contributed by atoms with Crippen LogP contribution in [0.3, 0.4) is 0 Å². The normalized spacial score (nSPS) is 16.2. The molecule has 1 fully saturated rings. The molecule has 0 unspecified atom stereocenters. The third-order valence-corrected chi connectivity index (χ3v) is 4.21. The van der Waals surface area contributed by atoms with Crippen molar-refractivity contribution in [3.05, 3.63) is 34.1 Å². The van der Waals surface area contributed by atoms with Crippen molar-refractivity contribution in [2.45, 2.75) is 19.3 Å². The molecule has 0 bridgehead atoms. The minimum Gasteiger partial charge on any atom is -0.385 e. The van der Waals surface area contributed by atoms with Crippen molar-refractivity contribution in [2.24, 2.45) is 5.41 Å². The maximum atomic E-state index is 13.1. The summed E-state index contributed by atoms with van der Waals surface area (Å²) in [5.74, 6) is -0.528. The number of benzene rings is 1. The van der Waals surface area contributed by atoms with Gasteiger partial charge in [-0.05, 0) is 58.8 Å². The summed E-state index contributed by atoms with van der Waals surface area (Å²) in [4.78, 5) is 12.0. The summed E-state index contributed by atoms with van der Waals surface area (Å²) in [6.07, 6.45) is 3.23. The molecule has 1 N–H and O–H groups in total. The average Bonchev–Trinajstić information content (AvgIpc) is 3.17. The van der Waals surface area contributed by atoms with Crippen molar-refractivity contribution in [3.8, 4) is 0 Å². The summed E-state index contributed by atoms with van der Waals surface area (Å²) in [5, 5.41) is 2.92. The summed E-state index contributed by atoms with van der Waals surface area (Å²) in [7, 11) is 1.69. The van der Waals surface area contributed by atoms with E-state index in [-0.39, 0.29) is 17.1 Å². The van der Waals surface area contributed by atoms with Crippen molar-refractivity contribution < 1.29 is 13.9 Å². The highest BCUT2D eigenvalue weighted by atomic mass is 79.9. The monoisotopic (exact) mass is 329 g/mol. The van der Waals surface area contributed by atoms with Gasteiger partial charge in [-0.3, -0.25) is 4.79 Å².